The van der Waals surface area contributed by atoms with E-state index < -0.39 is 44.6 Å². The van der Waals surface area contributed by atoms with Crippen LogP contribution in [-0.4, -0.2) is 28.1 Å². The lowest BCUT2D eigenvalue weighted by Crippen LogP contribution is -2.21. The van der Waals surface area contributed by atoms with Crippen molar-refractivity contribution in [1.82, 2.24) is 0 Å². The molecule has 9 nitrogen and oxygen atoms in total. The molecule has 0 aliphatic heterocycles. The summed E-state index contributed by atoms with van der Waals surface area (Å²) >= 11 is 0. The lowest BCUT2D eigenvalue weighted by molar-refractivity contribution is -0.392. The number of nitro groups is 2. The Hall–Kier alpha value is -3.15. The highest BCUT2D eigenvalue weighted by molar-refractivity contribution is 5.75. The Kier molecular flexibility index (Phi) is 6.00. The first-order valence-electron chi connectivity index (χ1n) is 7.54. The number of nitro benzene ring substituents is 2. The minimum atomic E-state index is -4.99. The summed E-state index contributed by atoms with van der Waals surface area (Å²) in [4.78, 5) is 20.0. The summed E-state index contributed by atoms with van der Waals surface area (Å²) in [7, 11) is 0. The number of hydrogen-bond donors (Lipinski definition) is 2. The van der Waals surface area contributed by atoms with Gasteiger partial charge in [-0.05, 0) is 12.1 Å². The van der Waals surface area contributed by atoms with Crippen LogP contribution in [0.3, 0.4) is 0 Å². The average molecular weight is 389 g/mol. The maximum Gasteiger partial charge on any atom is 0.416 e. The van der Waals surface area contributed by atoms with Gasteiger partial charge in [-0.25, -0.2) is 0 Å². The van der Waals surface area contributed by atoms with Gasteiger partial charge in [0.25, 0.3) is 11.4 Å². The van der Waals surface area contributed by atoms with Gasteiger partial charge in [-0.2, -0.15) is 13.2 Å². The van der Waals surface area contributed by atoms with Crippen molar-refractivity contribution >= 4 is 17.1 Å². The van der Waals surface area contributed by atoms with Crippen LogP contribution < -0.4 is 5.32 Å². The maximum atomic E-state index is 12.9. The summed E-state index contributed by atoms with van der Waals surface area (Å²) in [6, 6.07) is 3.71. The predicted molar refractivity (Wildman–Crippen MR) is 86.2 cm³/mol. The summed E-state index contributed by atoms with van der Waals surface area (Å²) in [6.07, 6.45) is -3.36. The number of furan rings is 1. The fourth-order valence-electron chi connectivity index (χ4n) is 2.41. The van der Waals surface area contributed by atoms with Gasteiger partial charge in [0.2, 0.25) is 0 Å². The molecular formula is C15H14F3N3O6. The quantitative estimate of drug-likeness (QED) is 0.522. The van der Waals surface area contributed by atoms with Crippen LogP contribution in [0.15, 0.2) is 34.9 Å². The van der Waals surface area contributed by atoms with Gasteiger partial charge < -0.3 is 14.8 Å². The van der Waals surface area contributed by atoms with E-state index in [0.717, 1.165) is 0 Å². The van der Waals surface area contributed by atoms with E-state index in [4.69, 9.17) is 4.42 Å². The van der Waals surface area contributed by atoms with E-state index in [1.54, 1.807) is 12.1 Å². The van der Waals surface area contributed by atoms with Gasteiger partial charge in [-0.3, -0.25) is 20.2 Å². The molecule has 0 saturated carbocycles. The molecule has 1 heterocycles. The Morgan fingerprint density at radius 1 is 1.19 bits per heavy atom. The van der Waals surface area contributed by atoms with E-state index in [-0.39, 0.29) is 31.7 Å². The summed E-state index contributed by atoms with van der Waals surface area (Å²) in [5, 5.41) is 34.2. The fourth-order valence-corrected chi connectivity index (χ4v) is 2.41. The smallest absolute Gasteiger partial charge is 0.416 e. The molecule has 12 heteroatoms. The molecule has 0 amide bonds. The number of rotatable bonds is 8. The van der Waals surface area contributed by atoms with E-state index in [2.05, 4.69) is 5.32 Å². The highest BCUT2D eigenvalue weighted by Crippen LogP contribution is 2.41. The first-order chi connectivity index (χ1) is 12.6. The molecule has 0 aliphatic rings. The monoisotopic (exact) mass is 389 g/mol. The van der Waals surface area contributed by atoms with Gasteiger partial charge >= 0.3 is 6.18 Å². The SMILES string of the molecule is O=[N+]([O-])c1cc(C(F)(F)F)cc([N+](=O)[O-])c1NCC(CO)Cc1ccco1. The first kappa shape index (κ1) is 20.2. The van der Waals surface area contributed by atoms with Crippen molar-refractivity contribution in [2.45, 2.75) is 12.6 Å². The highest BCUT2D eigenvalue weighted by atomic mass is 19.4. The predicted octanol–water partition coefficient (Wildman–Crippen LogP) is 3.38. The van der Waals surface area contributed by atoms with E-state index in [1.807, 2.05) is 0 Å². The van der Waals surface area contributed by atoms with Gasteiger partial charge in [0.15, 0.2) is 5.69 Å². The number of alkyl halides is 3. The second-order valence-corrected chi connectivity index (χ2v) is 5.61. The Morgan fingerprint density at radius 2 is 1.78 bits per heavy atom. The number of nitrogens with zero attached hydrogens (tertiary/aromatic N) is 2. The molecule has 27 heavy (non-hydrogen) atoms. The molecule has 0 radical (unpaired) electrons. The standard InChI is InChI=1S/C15H14F3N3O6/c16-15(17,18)10-5-12(20(23)24)14(13(6-10)21(25)26)19-7-9(8-22)4-11-2-1-3-27-11/h1-3,5-6,9,19,22H,4,7-8H2. The Bertz CT molecular complexity index is 788. The van der Waals surface area contributed by atoms with Crippen LogP contribution in [0.25, 0.3) is 0 Å². The number of hydrogen-bond acceptors (Lipinski definition) is 7. The van der Waals surface area contributed by atoms with Gasteiger partial charge in [-0.1, -0.05) is 0 Å². The second kappa shape index (κ2) is 8.03. The number of aliphatic hydroxyl groups excluding tert-OH is 1. The van der Waals surface area contributed by atoms with Gasteiger partial charge in [0.05, 0.1) is 21.7 Å². The second-order valence-electron chi connectivity index (χ2n) is 5.61. The molecule has 0 fully saturated rings. The number of anilines is 1. The number of nitrogens with one attached hydrogen (secondary N) is 1. The molecule has 2 aromatic rings. The normalized spacial score (nSPS) is 12.6. The minimum absolute atomic E-state index is 0.162. The zero-order chi connectivity index (χ0) is 20.2. The topological polar surface area (TPSA) is 132 Å². The van der Waals surface area contributed by atoms with Gasteiger partial charge in [0.1, 0.15) is 5.76 Å². The molecule has 0 aliphatic carbocycles. The van der Waals surface area contributed by atoms with Crippen molar-refractivity contribution in [1.29, 1.82) is 0 Å². The third-order valence-corrected chi connectivity index (χ3v) is 3.71. The van der Waals surface area contributed by atoms with Crippen molar-refractivity contribution in [3.8, 4) is 0 Å². The van der Waals surface area contributed by atoms with Crippen molar-refractivity contribution in [2.75, 3.05) is 18.5 Å². The van der Waals surface area contributed by atoms with Crippen LogP contribution in [0, 0.1) is 26.1 Å². The lowest BCUT2D eigenvalue weighted by Gasteiger charge is -2.16. The molecular weight excluding hydrogens is 375 g/mol. The van der Waals surface area contributed by atoms with Crippen molar-refractivity contribution in [2.24, 2.45) is 5.92 Å². The lowest BCUT2D eigenvalue weighted by atomic mass is 10.0. The van der Waals surface area contributed by atoms with E-state index in [1.165, 1.54) is 6.26 Å². The summed E-state index contributed by atoms with van der Waals surface area (Å²) in [6.45, 7) is -0.541. The molecule has 0 spiro atoms. The van der Waals surface area contributed by atoms with Crippen LogP contribution >= 0.6 is 0 Å². The highest BCUT2D eigenvalue weighted by Gasteiger charge is 2.37. The van der Waals surface area contributed by atoms with Gasteiger partial charge in [0, 0.05) is 37.6 Å². The molecule has 146 valence electrons. The molecule has 0 saturated heterocycles. The average Bonchev–Trinajstić information content (AvgIpc) is 3.09. The zero-order valence-electron chi connectivity index (χ0n) is 13.6. The van der Waals surface area contributed by atoms with E-state index in [9.17, 15) is 38.5 Å². The third kappa shape index (κ3) is 4.94. The van der Waals surface area contributed by atoms with Crippen LogP contribution in [0.5, 0.6) is 0 Å². The van der Waals surface area contributed by atoms with Gasteiger partial charge in [-0.15, -0.1) is 0 Å². The molecule has 0 bridgehead atoms. The van der Waals surface area contributed by atoms with E-state index in [0.29, 0.717) is 5.76 Å². The fraction of sp³-hybridized carbons (Fsp3) is 0.333. The molecule has 1 aromatic carbocycles. The molecule has 1 unspecified atom stereocenters. The largest absolute Gasteiger partial charge is 0.469 e. The number of benzene rings is 1. The third-order valence-electron chi connectivity index (χ3n) is 3.71. The van der Waals surface area contributed by atoms with Crippen LogP contribution in [0.4, 0.5) is 30.2 Å². The van der Waals surface area contributed by atoms with Crippen molar-refractivity contribution in [3.05, 3.63) is 62.1 Å². The molecule has 1 aromatic heterocycles. The summed E-state index contributed by atoms with van der Waals surface area (Å²) in [5.74, 6) is -0.0371. The Labute approximate surface area is 149 Å². The van der Waals surface area contributed by atoms with Crippen molar-refractivity contribution in [3.63, 3.8) is 0 Å². The van der Waals surface area contributed by atoms with Crippen LogP contribution in [-0.2, 0) is 12.6 Å². The molecule has 2 N–H and O–H groups in total. The van der Waals surface area contributed by atoms with Crippen molar-refractivity contribution < 1.29 is 32.5 Å². The molecule has 1 atom stereocenters. The Balaban J connectivity index is 2.35. The zero-order valence-corrected chi connectivity index (χ0v) is 13.6. The molecule has 2 rings (SSSR count). The van der Waals surface area contributed by atoms with Crippen LogP contribution in [0.1, 0.15) is 11.3 Å². The minimum Gasteiger partial charge on any atom is -0.469 e. The Morgan fingerprint density at radius 3 is 2.19 bits per heavy atom. The van der Waals surface area contributed by atoms with E-state index >= 15 is 0 Å². The summed E-state index contributed by atoms with van der Waals surface area (Å²) < 4.78 is 43.7. The van der Waals surface area contributed by atoms with Crippen LogP contribution in [0.2, 0.25) is 0 Å². The summed E-state index contributed by atoms with van der Waals surface area (Å²) in [5.41, 5.74) is -4.31. The maximum absolute atomic E-state index is 12.9. The first-order valence-corrected chi connectivity index (χ1v) is 7.54. The number of halogens is 3. The number of aliphatic hydroxyl groups is 1.